The number of halogens is 1. The molecule has 0 aliphatic carbocycles. The highest BCUT2D eigenvalue weighted by Gasteiger charge is 2.33. The van der Waals surface area contributed by atoms with Crippen LogP contribution >= 0.6 is 0 Å². The van der Waals surface area contributed by atoms with E-state index in [1.165, 1.54) is 22.4 Å². The molecular weight excluding hydrogens is 627 g/mol. The van der Waals surface area contributed by atoms with Crippen LogP contribution in [0.25, 0.3) is 27.9 Å². The van der Waals surface area contributed by atoms with E-state index in [4.69, 9.17) is 4.74 Å². The van der Waals surface area contributed by atoms with Crippen molar-refractivity contribution in [3.63, 3.8) is 0 Å². The van der Waals surface area contributed by atoms with Crippen molar-refractivity contribution < 1.29 is 18.7 Å². The summed E-state index contributed by atoms with van der Waals surface area (Å²) >= 11 is 0. The van der Waals surface area contributed by atoms with Gasteiger partial charge in [0.25, 0.3) is 0 Å². The normalized spacial score (nSPS) is 15.0. The number of urea groups is 1. The van der Waals surface area contributed by atoms with E-state index < -0.39 is 11.5 Å². The molecule has 0 radical (unpaired) electrons. The number of hydrogen-bond donors (Lipinski definition) is 0. The van der Waals surface area contributed by atoms with Gasteiger partial charge in [0.15, 0.2) is 0 Å². The Hall–Kier alpha value is -5.85. The Morgan fingerprint density at radius 2 is 1.65 bits per heavy atom. The molecule has 0 unspecified atom stereocenters. The van der Waals surface area contributed by atoms with Gasteiger partial charge >= 0.3 is 17.7 Å². The van der Waals surface area contributed by atoms with Crippen LogP contribution in [0.1, 0.15) is 25.3 Å². The van der Waals surface area contributed by atoms with Crippen molar-refractivity contribution in [2.24, 2.45) is 7.05 Å². The predicted molar refractivity (Wildman–Crippen MR) is 184 cm³/mol. The van der Waals surface area contributed by atoms with Crippen LogP contribution in [0.4, 0.5) is 26.4 Å². The van der Waals surface area contributed by atoms with Gasteiger partial charge in [0, 0.05) is 64.0 Å². The summed E-state index contributed by atoms with van der Waals surface area (Å²) < 4.78 is 23.9. The van der Waals surface area contributed by atoms with E-state index in [9.17, 15) is 14.4 Å². The second kappa shape index (κ2) is 13.0. The first-order valence-corrected chi connectivity index (χ1v) is 16.2. The summed E-state index contributed by atoms with van der Waals surface area (Å²) in [7, 11) is 2.98. The lowest BCUT2D eigenvalue weighted by Crippen LogP contribution is -2.34. The van der Waals surface area contributed by atoms with E-state index in [0.29, 0.717) is 79.4 Å². The maximum absolute atomic E-state index is 15.9. The number of piperidine rings is 1. The summed E-state index contributed by atoms with van der Waals surface area (Å²) in [4.78, 5) is 52.8. The molecule has 0 saturated carbocycles. The quantitative estimate of drug-likeness (QED) is 0.227. The van der Waals surface area contributed by atoms with E-state index in [0.717, 1.165) is 16.7 Å². The number of carbonyl (C=O) groups excluding carboxylic acids is 2. The van der Waals surface area contributed by atoms with Crippen LogP contribution in [0.2, 0.25) is 0 Å². The summed E-state index contributed by atoms with van der Waals surface area (Å²) in [5.41, 5.74) is 4.93. The molecule has 0 N–H and O–H groups in total. The number of ketones is 1. The highest BCUT2D eigenvalue weighted by atomic mass is 19.1. The summed E-state index contributed by atoms with van der Waals surface area (Å²) in [6.45, 7) is 3.87. The first-order valence-electron chi connectivity index (χ1n) is 16.2. The molecule has 49 heavy (non-hydrogen) atoms. The molecule has 5 aromatic rings. The van der Waals surface area contributed by atoms with Crippen molar-refractivity contribution in [1.29, 1.82) is 0 Å². The van der Waals surface area contributed by atoms with Crippen molar-refractivity contribution in [2.45, 2.75) is 26.2 Å². The zero-order valence-electron chi connectivity index (χ0n) is 27.5. The molecule has 0 spiro atoms. The van der Waals surface area contributed by atoms with Crippen molar-refractivity contribution in [3.8, 4) is 34.0 Å². The van der Waals surface area contributed by atoms with Gasteiger partial charge in [0.05, 0.1) is 30.4 Å². The molecule has 5 heterocycles. The molecule has 2 fully saturated rings. The van der Waals surface area contributed by atoms with E-state index in [1.54, 1.807) is 53.6 Å². The lowest BCUT2D eigenvalue weighted by Gasteiger charge is -2.28. The van der Waals surface area contributed by atoms with Crippen molar-refractivity contribution in [1.82, 2.24) is 24.3 Å². The largest absolute Gasteiger partial charge is 0.467 e. The lowest BCUT2D eigenvalue weighted by molar-refractivity contribution is -0.119. The topological polar surface area (TPSA) is 119 Å². The number of aryl methyl sites for hydroxylation is 1. The first-order chi connectivity index (χ1) is 23.8. The Morgan fingerprint density at radius 1 is 0.857 bits per heavy atom. The summed E-state index contributed by atoms with van der Waals surface area (Å²) in [6, 6.07) is 16.0. The summed E-state index contributed by atoms with van der Waals surface area (Å²) in [6.07, 6.45) is 6.35. The average molecular weight is 663 g/mol. The number of aromatic nitrogens is 5. The number of hydrogen-bond acceptors (Lipinski definition) is 8. The predicted octanol–water partition coefficient (Wildman–Crippen LogP) is 5.02. The number of Topliss-reactive ketones (excluding diaryl/α,β-unsaturated/α-hetero) is 1. The minimum atomic E-state index is -0.413. The van der Waals surface area contributed by atoms with Gasteiger partial charge in [-0.15, -0.1) is 5.10 Å². The zero-order valence-corrected chi connectivity index (χ0v) is 27.5. The molecule has 12 nitrogen and oxygen atoms in total. The van der Waals surface area contributed by atoms with Crippen LogP contribution in [0, 0.1) is 5.82 Å². The van der Waals surface area contributed by atoms with E-state index in [2.05, 4.69) is 15.1 Å². The van der Waals surface area contributed by atoms with Gasteiger partial charge in [0.1, 0.15) is 17.4 Å². The minimum absolute atomic E-state index is 0.110. The maximum Gasteiger partial charge on any atom is 0.353 e. The van der Waals surface area contributed by atoms with Gasteiger partial charge in [-0.05, 0) is 71.1 Å². The van der Waals surface area contributed by atoms with Gasteiger partial charge in [-0.1, -0.05) is 19.1 Å². The number of carbonyl (C=O) groups is 2. The Bertz CT molecular complexity index is 2120. The molecule has 7 rings (SSSR count). The van der Waals surface area contributed by atoms with Crippen molar-refractivity contribution in [3.05, 3.63) is 95.1 Å². The number of nitrogens with zero attached hydrogens (tertiary/aromatic N) is 8. The van der Waals surface area contributed by atoms with Gasteiger partial charge in [-0.25, -0.2) is 28.2 Å². The summed E-state index contributed by atoms with van der Waals surface area (Å²) in [5.74, 6) is 0.320. The minimum Gasteiger partial charge on any atom is -0.467 e. The number of rotatable bonds is 8. The van der Waals surface area contributed by atoms with Crippen LogP contribution in [-0.4, -0.2) is 69.4 Å². The van der Waals surface area contributed by atoms with Crippen LogP contribution in [0.3, 0.4) is 0 Å². The fraction of sp³-hybridized carbons (Fsp3) is 0.278. The molecular formula is C36H35FN8O4. The molecule has 2 aliphatic heterocycles. The SMILES string of the molecule is CCc1c(-c2ccc(-n3c(OC)nn(C)c3=O)cc2-c2ccc(N3CCC(=O)CC3)c(F)c2)ccnc1N1CCN(c2cccnc2)C1=O. The lowest BCUT2D eigenvalue weighted by atomic mass is 9.90. The Kier molecular flexibility index (Phi) is 8.41. The number of anilines is 3. The third-order valence-corrected chi connectivity index (χ3v) is 9.16. The van der Waals surface area contributed by atoms with E-state index in [1.807, 2.05) is 42.2 Å². The highest BCUT2D eigenvalue weighted by molar-refractivity contribution is 6.06. The standard InChI is InChI=1S/C36H35FN8O4/c1-4-27-29(11-15-39-33(27)44-19-18-43(36(44)48)25-6-5-14-38-22-25)28-9-8-24(45-34(49-3)40-41(2)35(45)47)21-30(28)23-7-10-32(31(37)20-23)42-16-12-26(46)13-17-42/h5-11,14-15,20-22H,4,12-13,16-19H2,1-3H3. The molecule has 3 aromatic heterocycles. The second-order valence-corrected chi connectivity index (χ2v) is 12.0. The first kappa shape index (κ1) is 31.7. The molecule has 2 amide bonds. The number of pyridine rings is 2. The number of methoxy groups -OCH3 is 1. The molecule has 2 saturated heterocycles. The third-order valence-electron chi connectivity index (χ3n) is 9.16. The second-order valence-electron chi connectivity index (χ2n) is 12.0. The Balaban J connectivity index is 1.35. The zero-order chi connectivity index (χ0) is 34.2. The van der Waals surface area contributed by atoms with E-state index in [-0.39, 0.29) is 17.8 Å². The molecule has 13 heteroatoms. The van der Waals surface area contributed by atoms with Crippen LogP contribution in [0.15, 0.2) is 78.0 Å². The molecule has 250 valence electrons. The number of ether oxygens (including phenoxy) is 1. The van der Waals surface area contributed by atoms with Crippen molar-refractivity contribution >= 4 is 29.0 Å². The van der Waals surface area contributed by atoms with Crippen molar-refractivity contribution in [2.75, 3.05) is 48.0 Å². The number of benzene rings is 2. The fourth-order valence-corrected chi connectivity index (χ4v) is 6.67. The average Bonchev–Trinajstić information content (AvgIpc) is 3.65. The van der Waals surface area contributed by atoms with E-state index >= 15 is 4.39 Å². The monoisotopic (exact) mass is 662 g/mol. The smallest absolute Gasteiger partial charge is 0.353 e. The fourth-order valence-electron chi connectivity index (χ4n) is 6.67. The van der Waals surface area contributed by atoms with Crippen LogP contribution in [0.5, 0.6) is 6.01 Å². The van der Waals surface area contributed by atoms with Crippen LogP contribution in [-0.2, 0) is 18.3 Å². The maximum atomic E-state index is 15.9. The Morgan fingerprint density at radius 3 is 2.37 bits per heavy atom. The highest BCUT2D eigenvalue weighted by Crippen LogP contribution is 2.40. The molecule has 2 aromatic carbocycles. The van der Waals surface area contributed by atoms with Gasteiger partial charge in [-0.2, -0.15) is 0 Å². The third kappa shape index (κ3) is 5.70. The van der Waals surface area contributed by atoms with Gasteiger partial charge in [0.2, 0.25) is 0 Å². The van der Waals surface area contributed by atoms with Gasteiger partial charge < -0.3 is 9.64 Å². The van der Waals surface area contributed by atoms with Gasteiger partial charge in [-0.3, -0.25) is 19.6 Å². The molecule has 0 bridgehead atoms. The molecule has 0 atom stereocenters. The van der Waals surface area contributed by atoms with Crippen LogP contribution < -0.4 is 25.1 Å². The summed E-state index contributed by atoms with van der Waals surface area (Å²) in [5, 5.41) is 4.19. The molecule has 2 aliphatic rings. The number of amides is 2. The Labute approximate surface area is 282 Å².